The minimum absolute atomic E-state index is 0. The van der Waals surface area contributed by atoms with Crippen LogP contribution in [0.1, 0.15) is 25.2 Å². The van der Waals surface area contributed by atoms with Crippen LogP contribution in [0.5, 0.6) is 0 Å². The van der Waals surface area contributed by atoms with Crippen molar-refractivity contribution < 1.29 is 0 Å². The van der Waals surface area contributed by atoms with Crippen LogP contribution in [0.3, 0.4) is 0 Å². The molecule has 3 rings (SSSR count). The van der Waals surface area contributed by atoms with Gasteiger partial charge in [-0.25, -0.2) is 9.67 Å². The second-order valence-electron chi connectivity index (χ2n) is 6.04. The summed E-state index contributed by atoms with van der Waals surface area (Å²) >= 11 is 0. The molecule has 9 heteroatoms. The van der Waals surface area contributed by atoms with Crippen LogP contribution in [-0.4, -0.2) is 43.6 Å². The van der Waals surface area contributed by atoms with Crippen molar-refractivity contribution in [3.05, 3.63) is 60.4 Å². The largest absolute Gasteiger partial charge is 0.357 e. The van der Waals surface area contributed by atoms with Crippen molar-refractivity contribution in [3.8, 4) is 5.69 Å². The predicted octanol–water partition coefficient (Wildman–Crippen LogP) is 2.40. The maximum Gasteiger partial charge on any atom is 0.191 e. The third-order valence-electron chi connectivity index (χ3n) is 4.08. The van der Waals surface area contributed by atoms with Crippen molar-refractivity contribution in [1.82, 2.24) is 35.2 Å². The first kappa shape index (κ1) is 21.9. The first-order chi connectivity index (χ1) is 13.3. The number of benzene rings is 1. The molecule has 0 atom stereocenters. The summed E-state index contributed by atoms with van der Waals surface area (Å²) in [5.41, 5.74) is 2.10. The monoisotopic (exact) mass is 494 g/mol. The molecule has 0 fully saturated rings. The number of rotatable bonds is 8. The fourth-order valence-electron chi connectivity index (χ4n) is 2.71. The molecule has 2 aromatic heterocycles. The molecule has 0 unspecified atom stereocenters. The number of para-hydroxylation sites is 1. The fourth-order valence-corrected chi connectivity index (χ4v) is 2.71. The third-order valence-corrected chi connectivity index (χ3v) is 4.08. The highest BCUT2D eigenvalue weighted by Crippen LogP contribution is 2.08. The molecule has 0 aliphatic heterocycles. The number of nitrogens with zero attached hydrogens (tertiary/aromatic N) is 6. The zero-order valence-electron chi connectivity index (χ0n) is 16.2. The van der Waals surface area contributed by atoms with Crippen molar-refractivity contribution >= 4 is 29.9 Å². The molecule has 2 N–H and O–H groups in total. The van der Waals surface area contributed by atoms with Gasteiger partial charge in [-0.1, -0.05) is 25.1 Å². The molecule has 150 valence electrons. The molecule has 0 bridgehead atoms. The van der Waals surface area contributed by atoms with Crippen LogP contribution < -0.4 is 10.6 Å². The second kappa shape index (κ2) is 11.4. The highest BCUT2D eigenvalue weighted by molar-refractivity contribution is 14.0. The Morgan fingerprint density at radius 1 is 1.14 bits per heavy atom. The number of guanidine groups is 1. The van der Waals surface area contributed by atoms with E-state index in [0.717, 1.165) is 49.1 Å². The van der Waals surface area contributed by atoms with E-state index in [-0.39, 0.29) is 24.0 Å². The Morgan fingerprint density at radius 2 is 1.96 bits per heavy atom. The van der Waals surface area contributed by atoms with Crippen LogP contribution in [0.15, 0.2) is 54.0 Å². The van der Waals surface area contributed by atoms with E-state index >= 15 is 0 Å². The van der Waals surface area contributed by atoms with Crippen molar-refractivity contribution in [2.45, 2.75) is 33.4 Å². The lowest BCUT2D eigenvalue weighted by Gasteiger charge is -2.12. The molecule has 0 saturated carbocycles. The van der Waals surface area contributed by atoms with Gasteiger partial charge in [0.05, 0.1) is 18.4 Å². The Kier molecular flexibility index (Phi) is 8.92. The van der Waals surface area contributed by atoms with Crippen molar-refractivity contribution in [2.75, 3.05) is 13.1 Å². The number of hydrogen-bond acceptors (Lipinski definition) is 4. The van der Waals surface area contributed by atoms with Crippen LogP contribution in [-0.2, 0) is 19.5 Å². The summed E-state index contributed by atoms with van der Waals surface area (Å²) in [4.78, 5) is 4.65. The minimum atomic E-state index is 0. The number of nitrogens with one attached hydrogen (secondary N) is 2. The molecule has 0 aliphatic rings. The number of halogens is 1. The van der Waals surface area contributed by atoms with Gasteiger partial charge in [0.25, 0.3) is 0 Å². The predicted molar refractivity (Wildman–Crippen MR) is 121 cm³/mol. The molecule has 0 spiro atoms. The van der Waals surface area contributed by atoms with Gasteiger partial charge in [0, 0.05) is 37.8 Å². The SMILES string of the molecule is CCNC(=NCc1cnn(-c2ccccc2)c1)NCCn1cnnc1CC.I. The van der Waals surface area contributed by atoms with Gasteiger partial charge in [0.15, 0.2) is 5.96 Å². The Bertz CT molecular complexity index is 856. The van der Waals surface area contributed by atoms with E-state index in [1.807, 2.05) is 47.4 Å². The Morgan fingerprint density at radius 3 is 2.71 bits per heavy atom. The smallest absolute Gasteiger partial charge is 0.191 e. The summed E-state index contributed by atoms with van der Waals surface area (Å²) in [5.74, 6) is 1.78. The van der Waals surface area contributed by atoms with Gasteiger partial charge in [-0.2, -0.15) is 5.10 Å². The lowest BCUT2D eigenvalue weighted by atomic mass is 10.3. The van der Waals surface area contributed by atoms with E-state index < -0.39 is 0 Å². The van der Waals surface area contributed by atoms with Gasteiger partial charge in [0.1, 0.15) is 12.2 Å². The molecule has 3 aromatic rings. The molecular formula is C19H27IN8. The van der Waals surface area contributed by atoms with Crippen LogP contribution in [0.2, 0.25) is 0 Å². The number of aliphatic imine (C=N–C) groups is 1. The number of hydrogen-bond donors (Lipinski definition) is 2. The number of aryl methyl sites for hydroxylation is 1. The van der Waals surface area contributed by atoms with Gasteiger partial charge in [-0.05, 0) is 19.1 Å². The summed E-state index contributed by atoms with van der Waals surface area (Å²) in [6.07, 6.45) is 6.50. The van der Waals surface area contributed by atoms with E-state index in [1.165, 1.54) is 0 Å². The zero-order valence-corrected chi connectivity index (χ0v) is 18.6. The molecule has 2 heterocycles. The average molecular weight is 494 g/mol. The first-order valence-electron chi connectivity index (χ1n) is 9.28. The lowest BCUT2D eigenvalue weighted by Crippen LogP contribution is -2.38. The molecule has 28 heavy (non-hydrogen) atoms. The molecule has 0 aliphatic carbocycles. The normalized spacial score (nSPS) is 11.1. The summed E-state index contributed by atoms with van der Waals surface area (Å²) in [6, 6.07) is 10.1. The Balaban J connectivity index is 0.00000280. The van der Waals surface area contributed by atoms with Crippen molar-refractivity contribution in [1.29, 1.82) is 0 Å². The van der Waals surface area contributed by atoms with Crippen LogP contribution in [0.25, 0.3) is 5.69 Å². The topological polar surface area (TPSA) is 85.0 Å². The van der Waals surface area contributed by atoms with Crippen LogP contribution in [0.4, 0.5) is 0 Å². The van der Waals surface area contributed by atoms with E-state index in [4.69, 9.17) is 0 Å². The van der Waals surface area contributed by atoms with Crippen molar-refractivity contribution in [3.63, 3.8) is 0 Å². The van der Waals surface area contributed by atoms with E-state index in [2.05, 4.69) is 49.3 Å². The van der Waals surface area contributed by atoms with Gasteiger partial charge in [-0.3, -0.25) is 0 Å². The van der Waals surface area contributed by atoms with Gasteiger partial charge < -0.3 is 15.2 Å². The molecule has 0 radical (unpaired) electrons. The summed E-state index contributed by atoms with van der Waals surface area (Å²) in [5, 5.41) is 19.1. The average Bonchev–Trinajstić information content (AvgIpc) is 3.36. The third kappa shape index (κ3) is 6.04. The highest BCUT2D eigenvalue weighted by Gasteiger charge is 2.04. The standard InChI is InChI=1S/C19H26N8.HI/c1-3-18-25-23-15-26(18)11-10-21-19(20-4-2)22-12-16-13-24-27(14-16)17-8-6-5-7-9-17;/h5-9,13-15H,3-4,10-12H2,1-2H3,(H2,20,21,22);1H. The van der Waals surface area contributed by atoms with E-state index in [1.54, 1.807) is 6.33 Å². The maximum atomic E-state index is 4.65. The molecule has 1 aromatic carbocycles. The molecule has 0 saturated heterocycles. The lowest BCUT2D eigenvalue weighted by molar-refractivity contribution is 0.632. The molecule has 0 amide bonds. The number of aromatic nitrogens is 5. The Hall–Kier alpha value is -2.43. The van der Waals surface area contributed by atoms with Crippen molar-refractivity contribution in [2.24, 2.45) is 4.99 Å². The molecular weight excluding hydrogens is 467 g/mol. The minimum Gasteiger partial charge on any atom is -0.357 e. The van der Waals surface area contributed by atoms with Gasteiger partial charge in [0.2, 0.25) is 0 Å². The molecule has 8 nitrogen and oxygen atoms in total. The summed E-state index contributed by atoms with van der Waals surface area (Å²) < 4.78 is 3.92. The summed E-state index contributed by atoms with van der Waals surface area (Å²) in [6.45, 7) is 7.05. The summed E-state index contributed by atoms with van der Waals surface area (Å²) in [7, 11) is 0. The van der Waals surface area contributed by atoms with Gasteiger partial charge in [-0.15, -0.1) is 34.2 Å². The van der Waals surface area contributed by atoms with Crippen LogP contribution >= 0.6 is 24.0 Å². The highest BCUT2D eigenvalue weighted by atomic mass is 127. The van der Waals surface area contributed by atoms with E-state index in [0.29, 0.717) is 6.54 Å². The van der Waals surface area contributed by atoms with Crippen LogP contribution in [0, 0.1) is 0 Å². The maximum absolute atomic E-state index is 4.65. The second-order valence-corrected chi connectivity index (χ2v) is 6.04. The quantitative estimate of drug-likeness (QED) is 0.286. The zero-order chi connectivity index (χ0) is 18.9. The fraction of sp³-hybridized carbons (Fsp3) is 0.368. The first-order valence-corrected chi connectivity index (χ1v) is 9.28. The van der Waals surface area contributed by atoms with Gasteiger partial charge >= 0.3 is 0 Å². The Labute approximate surface area is 182 Å². The van der Waals surface area contributed by atoms with E-state index in [9.17, 15) is 0 Å².